The van der Waals surface area contributed by atoms with Gasteiger partial charge in [-0.25, -0.2) is 0 Å². The predicted octanol–water partition coefficient (Wildman–Crippen LogP) is 3.43. The van der Waals surface area contributed by atoms with Gasteiger partial charge in [-0.3, -0.25) is 9.59 Å². The maximum atomic E-state index is 11.9. The van der Waals surface area contributed by atoms with Crippen LogP contribution in [0.5, 0.6) is 0 Å². The zero-order chi connectivity index (χ0) is 13.4. The molecule has 0 aromatic heterocycles. The summed E-state index contributed by atoms with van der Waals surface area (Å²) in [4.78, 5) is 23.7. The highest BCUT2D eigenvalue weighted by molar-refractivity contribution is 6.07. The second kappa shape index (κ2) is 7.34. The molecule has 0 spiro atoms. The molecule has 1 aliphatic rings. The van der Waals surface area contributed by atoms with Crippen molar-refractivity contribution in [3.05, 3.63) is 12.2 Å². The van der Waals surface area contributed by atoms with Gasteiger partial charge in [-0.05, 0) is 25.7 Å². The highest BCUT2D eigenvalue weighted by Crippen LogP contribution is 2.37. The van der Waals surface area contributed by atoms with Crippen LogP contribution in [0.4, 0.5) is 0 Å². The minimum absolute atomic E-state index is 0.0131. The van der Waals surface area contributed by atoms with Crippen LogP contribution in [-0.2, 0) is 14.3 Å². The molecule has 0 amide bonds. The molecule has 0 N–H and O–H groups in total. The van der Waals surface area contributed by atoms with Gasteiger partial charge in [0.15, 0.2) is 5.78 Å². The molecule has 0 aromatic carbocycles. The molecule has 1 saturated carbocycles. The van der Waals surface area contributed by atoms with E-state index in [-0.39, 0.29) is 5.78 Å². The number of carbonyl (C=O) groups is 2. The van der Waals surface area contributed by atoms with Crippen LogP contribution in [0, 0.1) is 5.41 Å². The number of hydrogen-bond acceptors (Lipinski definition) is 3. The van der Waals surface area contributed by atoms with Gasteiger partial charge in [-0.1, -0.05) is 38.3 Å². The summed E-state index contributed by atoms with van der Waals surface area (Å²) in [6, 6.07) is 0. The number of ether oxygens (including phenoxy) is 1. The van der Waals surface area contributed by atoms with Crippen molar-refractivity contribution in [1.29, 1.82) is 0 Å². The lowest BCUT2D eigenvalue weighted by molar-refractivity contribution is -0.153. The summed E-state index contributed by atoms with van der Waals surface area (Å²) < 4.78 is 4.79. The average molecular weight is 252 g/mol. The molecule has 1 fully saturated rings. The Bertz CT molecular complexity index is 320. The highest BCUT2D eigenvalue weighted by atomic mass is 16.5. The molecule has 0 saturated heterocycles. The molecule has 0 bridgehead atoms. The van der Waals surface area contributed by atoms with E-state index in [1.807, 2.05) is 6.08 Å². The maximum absolute atomic E-state index is 11.9. The van der Waals surface area contributed by atoms with Crippen molar-refractivity contribution in [2.24, 2.45) is 5.41 Å². The Morgan fingerprint density at radius 3 is 2.72 bits per heavy atom. The molecular weight excluding hydrogens is 228 g/mol. The van der Waals surface area contributed by atoms with E-state index in [4.69, 9.17) is 4.74 Å². The van der Waals surface area contributed by atoms with Crippen LogP contribution in [0.3, 0.4) is 0 Å². The smallest absolute Gasteiger partial charge is 0.323 e. The van der Waals surface area contributed by atoms with Crippen molar-refractivity contribution in [1.82, 2.24) is 0 Å². The van der Waals surface area contributed by atoms with Gasteiger partial charge in [-0.2, -0.15) is 0 Å². The number of unbranched alkanes of at least 4 members (excludes halogenated alkanes) is 4. The quantitative estimate of drug-likeness (QED) is 0.302. The van der Waals surface area contributed by atoms with Crippen molar-refractivity contribution in [3.8, 4) is 0 Å². The Labute approximate surface area is 110 Å². The summed E-state index contributed by atoms with van der Waals surface area (Å²) in [7, 11) is 1.35. The number of Topliss-reactive ketones (excluding diaryl/α,β-unsaturated/α-hetero) is 1. The summed E-state index contributed by atoms with van der Waals surface area (Å²) in [5.41, 5.74) is -0.973. The van der Waals surface area contributed by atoms with Crippen LogP contribution >= 0.6 is 0 Å². The summed E-state index contributed by atoms with van der Waals surface area (Å²) >= 11 is 0. The molecule has 18 heavy (non-hydrogen) atoms. The van der Waals surface area contributed by atoms with Crippen LogP contribution < -0.4 is 0 Å². The van der Waals surface area contributed by atoms with Crippen molar-refractivity contribution < 1.29 is 14.3 Å². The van der Waals surface area contributed by atoms with Gasteiger partial charge in [0, 0.05) is 6.42 Å². The third-order valence-corrected chi connectivity index (χ3v) is 3.65. The summed E-state index contributed by atoms with van der Waals surface area (Å²) in [5, 5.41) is 0. The second-order valence-corrected chi connectivity index (χ2v) is 4.99. The number of carbonyl (C=O) groups excluding carboxylic acids is 2. The van der Waals surface area contributed by atoms with E-state index in [0.717, 1.165) is 19.3 Å². The Balaban J connectivity index is 2.55. The molecule has 3 nitrogen and oxygen atoms in total. The summed E-state index contributed by atoms with van der Waals surface area (Å²) in [6.45, 7) is 2.18. The van der Waals surface area contributed by atoms with E-state index >= 15 is 0 Å². The minimum Gasteiger partial charge on any atom is -0.468 e. The molecule has 0 radical (unpaired) electrons. The molecule has 0 unspecified atom stereocenters. The molecule has 0 heterocycles. The molecule has 0 aromatic rings. The van der Waals surface area contributed by atoms with Gasteiger partial charge in [0.25, 0.3) is 0 Å². The Kier molecular flexibility index (Phi) is 6.10. The van der Waals surface area contributed by atoms with Crippen LogP contribution in [-0.4, -0.2) is 18.9 Å². The lowest BCUT2D eigenvalue weighted by Crippen LogP contribution is -2.34. The zero-order valence-corrected chi connectivity index (χ0v) is 11.5. The van der Waals surface area contributed by atoms with E-state index < -0.39 is 11.4 Å². The minimum atomic E-state index is -0.973. The molecule has 3 heteroatoms. The summed E-state index contributed by atoms with van der Waals surface area (Å²) in [5.74, 6) is -0.381. The first-order valence-electron chi connectivity index (χ1n) is 6.97. The van der Waals surface area contributed by atoms with Crippen LogP contribution in [0.1, 0.15) is 58.3 Å². The Hall–Kier alpha value is -1.12. The number of ketones is 1. The lowest BCUT2D eigenvalue weighted by Gasteiger charge is -2.19. The summed E-state index contributed by atoms with van der Waals surface area (Å²) in [6.07, 6.45) is 11.4. The van der Waals surface area contributed by atoms with Crippen molar-refractivity contribution in [3.63, 3.8) is 0 Å². The lowest BCUT2D eigenvalue weighted by atomic mass is 9.84. The van der Waals surface area contributed by atoms with Crippen molar-refractivity contribution in [2.45, 2.75) is 58.3 Å². The molecule has 102 valence electrons. The molecule has 0 aliphatic heterocycles. The fourth-order valence-corrected chi connectivity index (χ4v) is 2.51. The number of methoxy groups -OCH3 is 1. The number of esters is 1. The molecular formula is C15H24O3. The average Bonchev–Trinajstić information content (AvgIpc) is 2.75. The topological polar surface area (TPSA) is 43.4 Å². The fraction of sp³-hybridized carbons (Fsp3) is 0.733. The van der Waals surface area contributed by atoms with Gasteiger partial charge in [0.1, 0.15) is 5.41 Å². The monoisotopic (exact) mass is 252 g/mol. The van der Waals surface area contributed by atoms with Gasteiger partial charge in [0.2, 0.25) is 0 Å². The second-order valence-electron chi connectivity index (χ2n) is 4.99. The Morgan fingerprint density at radius 2 is 2.17 bits per heavy atom. The first kappa shape index (κ1) is 14.9. The van der Waals surface area contributed by atoms with E-state index in [1.165, 1.54) is 26.4 Å². The third kappa shape index (κ3) is 3.44. The van der Waals surface area contributed by atoms with E-state index in [9.17, 15) is 9.59 Å². The Morgan fingerprint density at radius 1 is 1.39 bits per heavy atom. The normalized spacial score (nSPS) is 23.8. The SMILES string of the molecule is CCCCCC/C=C/[C@]1(C(=O)OC)CCCC1=O. The van der Waals surface area contributed by atoms with Gasteiger partial charge >= 0.3 is 5.97 Å². The number of hydrogen-bond donors (Lipinski definition) is 0. The molecule has 1 atom stereocenters. The van der Waals surface area contributed by atoms with Crippen molar-refractivity contribution in [2.75, 3.05) is 7.11 Å². The van der Waals surface area contributed by atoms with E-state index in [1.54, 1.807) is 6.08 Å². The zero-order valence-electron chi connectivity index (χ0n) is 11.5. The van der Waals surface area contributed by atoms with E-state index in [2.05, 4.69) is 6.92 Å². The number of allylic oxidation sites excluding steroid dienone is 1. The molecule has 1 aliphatic carbocycles. The standard InChI is InChI=1S/C15H24O3/c1-3-4-5-6-7-8-11-15(14(17)18-2)12-9-10-13(15)16/h8,11H,3-7,9-10,12H2,1-2H3/b11-8+/t15-/m0/s1. The van der Waals surface area contributed by atoms with E-state index in [0.29, 0.717) is 12.8 Å². The van der Waals surface area contributed by atoms with Crippen molar-refractivity contribution >= 4 is 11.8 Å². The van der Waals surface area contributed by atoms with Crippen LogP contribution in [0.25, 0.3) is 0 Å². The molecule has 1 rings (SSSR count). The first-order chi connectivity index (χ1) is 8.67. The largest absolute Gasteiger partial charge is 0.468 e. The highest BCUT2D eigenvalue weighted by Gasteiger charge is 2.47. The van der Waals surface area contributed by atoms with Crippen LogP contribution in [0.2, 0.25) is 0 Å². The third-order valence-electron chi connectivity index (χ3n) is 3.65. The number of rotatable bonds is 7. The first-order valence-corrected chi connectivity index (χ1v) is 6.97. The predicted molar refractivity (Wildman–Crippen MR) is 71.2 cm³/mol. The van der Waals surface area contributed by atoms with Gasteiger partial charge < -0.3 is 4.74 Å². The maximum Gasteiger partial charge on any atom is 0.323 e. The van der Waals surface area contributed by atoms with Gasteiger partial charge in [0.05, 0.1) is 7.11 Å². The fourth-order valence-electron chi connectivity index (χ4n) is 2.51. The van der Waals surface area contributed by atoms with Gasteiger partial charge in [-0.15, -0.1) is 0 Å². The van der Waals surface area contributed by atoms with Crippen LogP contribution in [0.15, 0.2) is 12.2 Å².